The largest absolute Gasteiger partial charge is 0.360 e. The molecule has 80 valence electrons. The van der Waals surface area contributed by atoms with E-state index < -0.39 is 0 Å². The molecule has 0 aromatic heterocycles. The number of halogens is 1. The maximum absolute atomic E-state index is 11.8. The highest BCUT2D eigenvalue weighted by Crippen LogP contribution is 2.35. The molecule has 0 spiro atoms. The highest BCUT2D eigenvalue weighted by Gasteiger charge is 2.41. The Balaban J connectivity index is 2.03. The van der Waals surface area contributed by atoms with Gasteiger partial charge in [0.2, 0.25) is 5.91 Å². The molecule has 3 aliphatic rings. The van der Waals surface area contributed by atoms with Crippen molar-refractivity contribution in [3.05, 3.63) is 22.3 Å². The summed E-state index contributed by atoms with van der Waals surface area (Å²) < 4.78 is 1.13. The Morgan fingerprint density at radius 1 is 1.53 bits per heavy atom. The second kappa shape index (κ2) is 3.37. The molecule has 0 saturated carbocycles. The minimum atomic E-state index is 0.0790. The van der Waals surface area contributed by atoms with Crippen molar-refractivity contribution >= 4 is 21.8 Å². The van der Waals surface area contributed by atoms with E-state index in [9.17, 15) is 4.79 Å². The van der Waals surface area contributed by atoms with Crippen molar-refractivity contribution in [1.29, 1.82) is 0 Å². The van der Waals surface area contributed by atoms with Gasteiger partial charge in [0.15, 0.2) is 0 Å². The lowest BCUT2D eigenvalue weighted by Gasteiger charge is -2.40. The fourth-order valence-electron chi connectivity index (χ4n) is 2.73. The Morgan fingerprint density at radius 2 is 2.40 bits per heavy atom. The molecule has 0 radical (unpaired) electrons. The second-order valence-electron chi connectivity index (χ2n) is 4.28. The van der Waals surface area contributed by atoms with Crippen molar-refractivity contribution in [3.8, 4) is 0 Å². The molecular formula is C11H13BrN2O. The van der Waals surface area contributed by atoms with Gasteiger partial charge < -0.3 is 10.2 Å². The molecule has 2 fully saturated rings. The van der Waals surface area contributed by atoms with Gasteiger partial charge in [-0.15, -0.1) is 0 Å². The van der Waals surface area contributed by atoms with Gasteiger partial charge in [-0.2, -0.15) is 0 Å². The van der Waals surface area contributed by atoms with Crippen LogP contribution < -0.4 is 5.32 Å². The Kier molecular flexibility index (Phi) is 2.12. The van der Waals surface area contributed by atoms with Crippen LogP contribution >= 0.6 is 15.9 Å². The molecule has 0 aromatic rings. The van der Waals surface area contributed by atoms with Gasteiger partial charge >= 0.3 is 0 Å². The molecule has 15 heavy (non-hydrogen) atoms. The third kappa shape index (κ3) is 1.34. The lowest BCUT2D eigenvalue weighted by atomic mass is 9.99. The number of carbonyl (C=O) groups excluding carboxylic acids is 1. The fraction of sp³-hybridized carbons (Fsp3) is 0.545. The molecule has 4 heteroatoms. The number of allylic oxidation sites excluding steroid dienone is 2. The van der Waals surface area contributed by atoms with Gasteiger partial charge in [0.1, 0.15) is 6.04 Å². The minimum Gasteiger partial charge on any atom is -0.360 e. The maximum Gasteiger partial charge on any atom is 0.243 e. The smallest absolute Gasteiger partial charge is 0.243 e. The highest BCUT2D eigenvalue weighted by atomic mass is 79.9. The van der Waals surface area contributed by atoms with Crippen molar-refractivity contribution in [2.75, 3.05) is 6.54 Å². The second-order valence-corrected chi connectivity index (χ2v) is 5.14. The molecular weight excluding hydrogens is 256 g/mol. The lowest BCUT2D eigenvalue weighted by Crippen LogP contribution is -2.56. The standard InChI is InChI=1S/C11H13BrN2O/c12-7-3-1-4-8-10(7)14-6-2-5-9(14)11(15)13-8/h1,3,8-9H,2,4-6H2,(H,13,15). The Morgan fingerprint density at radius 3 is 3.27 bits per heavy atom. The van der Waals surface area contributed by atoms with Crippen LogP contribution in [-0.2, 0) is 4.79 Å². The molecule has 1 aliphatic carbocycles. The fourth-order valence-corrected chi connectivity index (χ4v) is 3.42. The summed E-state index contributed by atoms with van der Waals surface area (Å²) in [6.45, 7) is 1.02. The zero-order valence-electron chi connectivity index (χ0n) is 8.37. The van der Waals surface area contributed by atoms with E-state index >= 15 is 0 Å². The number of carbonyl (C=O) groups is 1. The van der Waals surface area contributed by atoms with E-state index in [1.165, 1.54) is 5.70 Å². The van der Waals surface area contributed by atoms with Crippen molar-refractivity contribution in [1.82, 2.24) is 10.2 Å². The normalized spacial score (nSPS) is 33.9. The van der Waals surface area contributed by atoms with Gasteiger partial charge in [0.05, 0.1) is 11.7 Å². The summed E-state index contributed by atoms with van der Waals surface area (Å²) >= 11 is 3.59. The SMILES string of the molecule is O=C1NC2CC=CC(Br)=C2N2CCCC12. The summed E-state index contributed by atoms with van der Waals surface area (Å²) in [6.07, 6.45) is 7.23. The van der Waals surface area contributed by atoms with Gasteiger partial charge in [-0.1, -0.05) is 12.2 Å². The number of rotatable bonds is 0. The van der Waals surface area contributed by atoms with Crippen LogP contribution in [0.5, 0.6) is 0 Å². The first-order valence-corrected chi connectivity index (χ1v) is 6.20. The van der Waals surface area contributed by atoms with Crippen LogP contribution in [0.25, 0.3) is 0 Å². The van der Waals surface area contributed by atoms with Gasteiger partial charge in [0, 0.05) is 11.0 Å². The van der Waals surface area contributed by atoms with Gasteiger partial charge in [-0.3, -0.25) is 4.79 Å². The summed E-state index contributed by atoms with van der Waals surface area (Å²) in [5, 5.41) is 3.10. The summed E-state index contributed by atoms with van der Waals surface area (Å²) in [4.78, 5) is 14.1. The quantitative estimate of drug-likeness (QED) is 0.723. The topological polar surface area (TPSA) is 32.3 Å². The van der Waals surface area contributed by atoms with E-state index in [0.29, 0.717) is 0 Å². The third-order valence-electron chi connectivity index (χ3n) is 3.39. The highest BCUT2D eigenvalue weighted by molar-refractivity contribution is 9.11. The minimum absolute atomic E-state index is 0.0790. The van der Waals surface area contributed by atoms with E-state index in [4.69, 9.17) is 0 Å². The molecule has 2 unspecified atom stereocenters. The maximum atomic E-state index is 11.8. The summed E-state index contributed by atoms with van der Waals surface area (Å²) in [5.74, 6) is 0.205. The number of piperazine rings is 1. The molecule has 0 bridgehead atoms. The molecule has 1 N–H and O–H groups in total. The molecule has 2 saturated heterocycles. The van der Waals surface area contributed by atoms with E-state index in [-0.39, 0.29) is 18.0 Å². The number of amides is 1. The van der Waals surface area contributed by atoms with Gasteiger partial charge in [-0.25, -0.2) is 0 Å². The van der Waals surface area contributed by atoms with E-state index in [0.717, 1.165) is 30.3 Å². The number of hydrogen-bond acceptors (Lipinski definition) is 2. The summed E-state index contributed by atoms with van der Waals surface area (Å²) in [5.41, 5.74) is 1.28. The van der Waals surface area contributed by atoms with E-state index in [1.807, 2.05) is 0 Å². The predicted molar refractivity (Wildman–Crippen MR) is 61.4 cm³/mol. The van der Waals surface area contributed by atoms with E-state index in [1.54, 1.807) is 0 Å². The number of nitrogens with zero attached hydrogens (tertiary/aromatic N) is 1. The monoisotopic (exact) mass is 268 g/mol. The van der Waals surface area contributed by atoms with Crippen LogP contribution in [0.15, 0.2) is 22.3 Å². The average molecular weight is 269 g/mol. The molecule has 2 atom stereocenters. The average Bonchev–Trinajstić information content (AvgIpc) is 2.66. The van der Waals surface area contributed by atoms with E-state index in [2.05, 4.69) is 38.3 Å². The summed E-state index contributed by atoms with van der Waals surface area (Å²) in [7, 11) is 0. The first-order chi connectivity index (χ1) is 7.27. The Bertz CT molecular complexity index is 375. The van der Waals surface area contributed by atoms with Gasteiger partial charge in [0.25, 0.3) is 0 Å². The zero-order chi connectivity index (χ0) is 10.4. The number of hydrogen-bond donors (Lipinski definition) is 1. The molecule has 2 heterocycles. The zero-order valence-corrected chi connectivity index (χ0v) is 9.96. The van der Waals surface area contributed by atoms with Crippen LogP contribution in [0.4, 0.5) is 0 Å². The van der Waals surface area contributed by atoms with Gasteiger partial charge in [-0.05, 0) is 35.2 Å². The van der Waals surface area contributed by atoms with Crippen LogP contribution in [0.1, 0.15) is 19.3 Å². The van der Waals surface area contributed by atoms with Crippen LogP contribution in [-0.4, -0.2) is 29.4 Å². The van der Waals surface area contributed by atoms with Crippen molar-refractivity contribution in [3.63, 3.8) is 0 Å². The molecule has 1 amide bonds. The Labute approximate surface area is 97.3 Å². The molecule has 0 aromatic carbocycles. The Hall–Kier alpha value is -0.770. The van der Waals surface area contributed by atoms with Crippen LogP contribution in [0, 0.1) is 0 Å². The molecule has 3 nitrogen and oxygen atoms in total. The van der Waals surface area contributed by atoms with Crippen LogP contribution in [0.2, 0.25) is 0 Å². The third-order valence-corrected chi connectivity index (χ3v) is 4.06. The van der Waals surface area contributed by atoms with Crippen molar-refractivity contribution in [2.24, 2.45) is 0 Å². The lowest BCUT2D eigenvalue weighted by molar-refractivity contribution is -0.127. The predicted octanol–water partition coefficient (Wildman–Crippen LogP) is 1.52. The number of nitrogens with one attached hydrogen (secondary N) is 1. The first-order valence-electron chi connectivity index (χ1n) is 5.40. The van der Waals surface area contributed by atoms with Crippen LogP contribution in [0.3, 0.4) is 0 Å². The van der Waals surface area contributed by atoms with Crippen molar-refractivity contribution < 1.29 is 4.79 Å². The van der Waals surface area contributed by atoms with Crippen molar-refractivity contribution in [2.45, 2.75) is 31.3 Å². The first kappa shape index (κ1) is 9.46. The molecule has 3 rings (SSSR count). The molecule has 2 aliphatic heterocycles. The number of fused-ring (bicyclic) bond motifs is 3. The summed E-state index contributed by atoms with van der Waals surface area (Å²) in [6, 6.07) is 0.265.